The lowest BCUT2D eigenvalue weighted by Crippen LogP contribution is -2.41. The smallest absolute Gasteiger partial charge is 0.246 e. The molecular formula is C24H22Cl2FN3O2. The highest BCUT2D eigenvalue weighted by Crippen LogP contribution is 2.57. The summed E-state index contributed by atoms with van der Waals surface area (Å²) in [7, 11) is 1.78. The van der Waals surface area contributed by atoms with Gasteiger partial charge in [0.25, 0.3) is 0 Å². The molecule has 1 spiro atoms. The number of benzene rings is 2. The number of rotatable bonds is 4. The predicted octanol–water partition coefficient (Wildman–Crippen LogP) is 4.87. The number of halogens is 3. The topological polar surface area (TPSA) is 52.7 Å². The van der Waals surface area contributed by atoms with Crippen molar-refractivity contribution in [2.45, 2.75) is 30.2 Å². The number of fused-ring (bicyclic) bond motifs is 2. The molecule has 5 nitrogen and oxygen atoms in total. The molecule has 1 saturated carbocycles. The summed E-state index contributed by atoms with van der Waals surface area (Å²) in [5, 5.41) is 3.82. The van der Waals surface area contributed by atoms with Crippen molar-refractivity contribution in [1.29, 1.82) is 0 Å². The Bertz CT molecular complexity index is 1180. The summed E-state index contributed by atoms with van der Waals surface area (Å²) in [5.41, 5.74) is 1.47. The van der Waals surface area contributed by atoms with Crippen LogP contribution in [0.4, 0.5) is 15.8 Å². The summed E-state index contributed by atoms with van der Waals surface area (Å²) in [6.45, 7) is 4.17. The van der Waals surface area contributed by atoms with Crippen molar-refractivity contribution >= 4 is 46.4 Å². The SMILES string of the molecule is C=CC(=O)N1CC[C@](Nc2ccc3c(c2)N(C)C(=O)C32CC2)(c2c(F)ccc(Cl)c2Cl)C1. The second-order valence-corrected chi connectivity index (χ2v) is 9.60. The molecule has 2 aliphatic heterocycles. The lowest BCUT2D eigenvalue weighted by molar-refractivity contribution is -0.125. The monoisotopic (exact) mass is 473 g/mol. The molecule has 2 fully saturated rings. The van der Waals surface area contributed by atoms with Crippen LogP contribution in [-0.4, -0.2) is 36.9 Å². The molecule has 0 bridgehead atoms. The van der Waals surface area contributed by atoms with Crippen LogP contribution < -0.4 is 10.2 Å². The van der Waals surface area contributed by atoms with Gasteiger partial charge in [-0.2, -0.15) is 0 Å². The molecule has 0 unspecified atom stereocenters. The average Bonchev–Trinajstić information content (AvgIpc) is 3.44. The summed E-state index contributed by atoms with van der Waals surface area (Å²) in [5.74, 6) is -0.612. The zero-order valence-corrected chi connectivity index (χ0v) is 19.1. The molecule has 32 heavy (non-hydrogen) atoms. The van der Waals surface area contributed by atoms with Crippen molar-refractivity contribution in [1.82, 2.24) is 4.90 Å². The number of likely N-dealkylation sites (tertiary alicyclic amines) is 1. The molecule has 2 aromatic carbocycles. The molecule has 2 amide bonds. The highest BCUT2D eigenvalue weighted by Gasteiger charge is 2.58. The van der Waals surface area contributed by atoms with Crippen LogP contribution in [0.3, 0.4) is 0 Å². The standard InChI is InChI=1S/C24H22Cl2FN3O2/c1-3-19(31)30-11-10-24(13-30,20-17(27)7-6-16(25)21(20)26)28-14-4-5-15-18(12-14)29(2)22(32)23(15)8-9-23/h3-7,12,28H,1,8-11,13H2,2H3/t24-/m1/s1. The average molecular weight is 474 g/mol. The highest BCUT2D eigenvalue weighted by atomic mass is 35.5. The summed E-state index contributed by atoms with van der Waals surface area (Å²) < 4.78 is 15.1. The van der Waals surface area contributed by atoms with E-state index in [-0.39, 0.29) is 39.4 Å². The zero-order chi connectivity index (χ0) is 22.8. The first-order valence-corrected chi connectivity index (χ1v) is 11.2. The number of carbonyl (C=O) groups excluding carboxylic acids is 2. The Labute approximate surface area is 195 Å². The molecule has 1 atom stereocenters. The van der Waals surface area contributed by atoms with Crippen molar-refractivity contribution in [3.8, 4) is 0 Å². The molecule has 0 radical (unpaired) electrons. The van der Waals surface area contributed by atoms with Crippen molar-refractivity contribution < 1.29 is 14.0 Å². The fourth-order valence-electron chi connectivity index (χ4n) is 5.18. The van der Waals surface area contributed by atoms with E-state index in [1.165, 1.54) is 18.2 Å². The van der Waals surface area contributed by atoms with Crippen LogP contribution in [0, 0.1) is 5.82 Å². The summed E-state index contributed by atoms with van der Waals surface area (Å²) in [4.78, 5) is 28.4. The normalized spacial score (nSPS) is 22.9. The third kappa shape index (κ3) is 2.96. The molecule has 1 aliphatic carbocycles. The van der Waals surface area contributed by atoms with Crippen molar-refractivity contribution in [3.63, 3.8) is 0 Å². The number of hydrogen-bond acceptors (Lipinski definition) is 3. The molecule has 2 aromatic rings. The van der Waals surface area contributed by atoms with Gasteiger partial charge in [0.05, 0.1) is 21.0 Å². The van der Waals surface area contributed by atoms with Gasteiger partial charge < -0.3 is 15.1 Å². The molecule has 3 aliphatic rings. The molecule has 1 saturated heterocycles. The van der Waals surface area contributed by atoms with Gasteiger partial charge in [0.2, 0.25) is 11.8 Å². The molecular weight excluding hydrogens is 452 g/mol. The summed E-state index contributed by atoms with van der Waals surface area (Å²) >= 11 is 12.7. The van der Waals surface area contributed by atoms with Gasteiger partial charge in [0.1, 0.15) is 5.82 Å². The first-order chi connectivity index (χ1) is 15.2. The van der Waals surface area contributed by atoms with Gasteiger partial charge in [-0.15, -0.1) is 0 Å². The number of nitrogens with one attached hydrogen (secondary N) is 1. The van der Waals surface area contributed by atoms with E-state index in [2.05, 4.69) is 11.9 Å². The van der Waals surface area contributed by atoms with Crippen molar-refractivity contribution in [2.24, 2.45) is 0 Å². The Morgan fingerprint density at radius 3 is 2.66 bits per heavy atom. The van der Waals surface area contributed by atoms with Crippen molar-refractivity contribution in [3.05, 3.63) is 70.0 Å². The van der Waals surface area contributed by atoms with Gasteiger partial charge in [0.15, 0.2) is 0 Å². The van der Waals surface area contributed by atoms with E-state index in [0.717, 1.165) is 24.1 Å². The van der Waals surface area contributed by atoms with Crippen LogP contribution in [0.25, 0.3) is 0 Å². The van der Waals surface area contributed by atoms with E-state index >= 15 is 4.39 Å². The number of carbonyl (C=O) groups is 2. The zero-order valence-electron chi connectivity index (χ0n) is 17.6. The van der Waals surface area contributed by atoms with Crippen LogP contribution in [0.2, 0.25) is 10.0 Å². The maximum atomic E-state index is 15.1. The third-order valence-corrected chi connectivity index (χ3v) is 7.80. The number of anilines is 2. The first kappa shape index (κ1) is 21.3. The van der Waals surface area contributed by atoms with Crippen LogP contribution in [0.15, 0.2) is 43.0 Å². The maximum absolute atomic E-state index is 15.1. The van der Waals surface area contributed by atoms with E-state index < -0.39 is 11.4 Å². The molecule has 2 heterocycles. The van der Waals surface area contributed by atoms with Crippen LogP contribution in [0.5, 0.6) is 0 Å². The Kier molecular flexibility index (Phi) is 4.80. The van der Waals surface area contributed by atoms with E-state index in [0.29, 0.717) is 18.7 Å². The van der Waals surface area contributed by atoms with Gasteiger partial charge in [-0.1, -0.05) is 35.8 Å². The second-order valence-electron chi connectivity index (χ2n) is 8.82. The maximum Gasteiger partial charge on any atom is 0.246 e. The Morgan fingerprint density at radius 2 is 1.97 bits per heavy atom. The van der Waals surface area contributed by atoms with Crippen LogP contribution in [0.1, 0.15) is 30.4 Å². The number of hydrogen-bond donors (Lipinski definition) is 1. The van der Waals surface area contributed by atoms with E-state index in [4.69, 9.17) is 23.2 Å². The summed E-state index contributed by atoms with van der Waals surface area (Å²) in [6, 6.07) is 8.50. The lowest BCUT2D eigenvalue weighted by atomic mass is 9.87. The van der Waals surface area contributed by atoms with Gasteiger partial charge in [-0.25, -0.2) is 4.39 Å². The molecule has 1 N–H and O–H groups in total. The number of nitrogens with zero attached hydrogens (tertiary/aromatic N) is 2. The predicted molar refractivity (Wildman–Crippen MR) is 124 cm³/mol. The summed E-state index contributed by atoms with van der Waals surface area (Å²) in [6.07, 6.45) is 3.40. The van der Waals surface area contributed by atoms with Crippen LogP contribution >= 0.6 is 23.2 Å². The minimum absolute atomic E-state index is 0.118. The van der Waals surface area contributed by atoms with Gasteiger partial charge >= 0.3 is 0 Å². The minimum atomic E-state index is -0.989. The minimum Gasteiger partial charge on any atom is -0.373 e. The van der Waals surface area contributed by atoms with E-state index in [9.17, 15) is 9.59 Å². The highest BCUT2D eigenvalue weighted by molar-refractivity contribution is 6.42. The van der Waals surface area contributed by atoms with Gasteiger partial charge in [-0.05, 0) is 55.2 Å². The van der Waals surface area contributed by atoms with E-state index in [1.807, 2.05) is 18.2 Å². The van der Waals surface area contributed by atoms with Gasteiger partial charge in [0, 0.05) is 37.1 Å². The Morgan fingerprint density at radius 1 is 1.22 bits per heavy atom. The van der Waals surface area contributed by atoms with E-state index in [1.54, 1.807) is 16.8 Å². The molecule has 0 aromatic heterocycles. The number of likely N-dealkylation sites (N-methyl/N-ethyl adjacent to an activating group) is 1. The largest absolute Gasteiger partial charge is 0.373 e. The lowest BCUT2D eigenvalue weighted by Gasteiger charge is -2.34. The number of amides is 2. The fourth-order valence-corrected chi connectivity index (χ4v) is 5.67. The molecule has 8 heteroatoms. The fraction of sp³-hybridized carbons (Fsp3) is 0.333. The second kappa shape index (κ2) is 7.22. The Hall–Kier alpha value is -2.57. The van der Waals surface area contributed by atoms with Crippen molar-refractivity contribution in [2.75, 3.05) is 30.4 Å². The quantitative estimate of drug-likeness (QED) is 0.509. The molecule has 5 rings (SSSR count). The van der Waals surface area contributed by atoms with Gasteiger partial charge in [-0.3, -0.25) is 9.59 Å². The molecule has 166 valence electrons. The first-order valence-electron chi connectivity index (χ1n) is 10.5. The Balaban J connectivity index is 1.58. The van der Waals surface area contributed by atoms with Crippen LogP contribution in [-0.2, 0) is 20.5 Å². The third-order valence-electron chi connectivity index (χ3n) is 7.00.